The number of carbonyl (C=O) groups excluding carboxylic acids is 1. The summed E-state index contributed by atoms with van der Waals surface area (Å²) in [5, 5.41) is 9.17. The van der Waals surface area contributed by atoms with Crippen LogP contribution in [0.1, 0.15) is 26.3 Å². The van der Waals surface area contributed by atoms with Crippen molar-refractivity contribution in [1.82, 2.24) is 0 Å². The largest absolute Gasteiger partial charge is 0.493 e. The lowest BCUT2D eigenvalue weighted by molar-refractivity contribution is 0.0692. The highest BCUT2D eigenvalue weighted by atomic mass is 32.2. The van der Waals surface area contributed by atoms with Crippen molar-refractivity contribution in [2.75, 3.05) is 13.4 Å². The second-order valence-corrected chi connectivity index (χ2v) is 6.41. The van der Waals surface area contributed by atoms with E-state index in [-0.39, 0.29) is 28.2 Å². The molecule has 2 rings (SSSR count). The Kier molecular flexibility index (Phi) is 4.89. The maximum absolute atomic E-state index is 12.6. The molecule has 0 heterocycles. The van der Waals surface area contributed by atoms with Crippen LogP contribution in [0.3, 0.4) is 0 Å². The maximum atomic E-state index is 12.6. The van der Waals surface area contributed by atoms with Gasteiger partial charge in [0.15, 0.2) is 17.3 Å². The first kappa shape index (κ1) is 17.5. The summed E-state index contributed by atoms with van der Waals surface area (Å²) in [6, 6.07) is 9.70. The molecule has 0 amide bonds. The molecule has 1 N–H and O–H groups in total. The predicted octanol–water partition coefficient (Wildman–Crippen LogP) is 1.96. The SMILES string of the molecule is COc1ccc(C(=O)c2ccccc2C(=O)O)cc1OS(C)(=O)=O. The third-order valence-electron chi connectivity index (χ3n) is 3.07. The van der Waals surface area contributed by atoms with Gasteiger partial charge in [-0.25, -0.2) is 4.79 Å². The number of methoxy groups -OCH3 is 1. The summed E-state index contributed by atoms with van der Waals surface area (Å²) in [7, 11) is -2.50. The molecule has 0 aliphatic rings. The monoisotopic (exact) mass is 350 g/mol. The van der Waals surface area contributed by atoms with E-state index in [2.05, 4.69) is 0 Å². The summed E-state index contributed by atoms with van der Waals surface area (Å²) < 4.78 is 32.5. The van der Waals surface area contributed by atoms with Crippen molar-refractivity contribution in [2.45, 2.75) is 0 Å². The normalized spacial score (nSPS) is 10.9. The van der Waals surface area contributed by atoms with Crippen LogP contribution in [0.5, 0.6) is 11.5 Å². The Labute approximate surface area is 138 Å². The fourth-order valence-corrected chi connectivity index (χ4v) is 2.53. The molecule has 2 aromatic rings. The predicted molar refractivity (Wildman–Crippen MR) is 85.3 cm³/mol. The molecule has 0 radical (unpaired) electrons. The van der Waals surface area contributed by atoms with Gasteiger partial charge in [-0.15, -0.1) is 0 Å². The van der Waals surface area contributed by atoms with Crippen LogP contribution in [-0.4, -0.2) is 38.6 Å². The minimum Gasteiger partial charge on any atom is -0.493 e. The lowest BCUT2D eigenvalue weighted by atomic mass is 9.98. The summed E-state index contributed by atoms with van der Waals surface area (Å²) in [4.78, 5) is 23.8. The van der Waals surface area contributed by atoms with E-state index in [4.69, 9.17) is 8.92 Å². The number of aromatic carboxylic acids is 1. The first-order valence-electron chi connectivity index (χ1n) is 6.67. The zero-order valence-corrected chi connectivity index (χ0v) is 13.7. The van der Waals surface area contributed by atoms with Crippen LogP contribution in [0, 0.1) is 0 Å². The number of carboxylic acid groups (broad SMARTS) is 1. The van der Waals surface area contributed by atoms with E-state index in [1.54, 1.807) is 0 Å². The highest BCUT2D eigenvalue weighted by molar-refractivity contribution is 7.86. The topological polar surface area (TPSA) is 107 Å². The first-order valence-corrected chi connectivity index (χ1v) is 8.49. The Morgan fingerprint density at radius 2 is 1.62 bits per heavy atom. The molecule has 0 aliphatic heterocycles. The number of ether oxygens (including phenoxy) is 1. The standard InChI is InChI=1S/C16H14O7S/c1-22-13-8-7-10(9-14(13)23-24(2,20)21)15(17)11-5-3-4-6-12(11)16(18)19/h3-9H,1-2H3,(H,18,19). The number of benzene rings is 2. The van der Waals surface area contributed by atoms with Crippen LogP contribution >= 0.6 is 0 Å². The summed E-state index contributed by atoms with van der Waals surface area (Å²) in [5.41, 5.74) is -0.0903. The third kappa shape index (κ3) is 3.90. The molecule has 0 spiro atoms. The molecule has 0 aromatic heterocycles. The molecule has 0 fully saturated rings. The van der Waals surface area contributed by atoms with Crippen LogP contribution in [0.15, 0.2) is 42.5 Å². The second kappa shape index (κ2) is 6.71. The highest BCUT2D eigenvalue weighted by Gasteiger charge is 2.20. The van der Waals surface area contributed by atoms with Gasteiger partial charge >= 0.3 is 16.1 Å². The first-order chi connectivity index (χ1) is 11.2. The molecule has 8 heteroatoms. The van der Waals surface area contributed by atoms with E-state index < -0.39 is 21.9 Å². The third-order valence-corrected chi connectivity index (χ3v) is 3.55. The number of carboxylic acids is 1. The Morgan fingerprint density at radius 3 is 2.17 bits per heavy atom. The second-order valence-electron chi connectivity index (χ2n) is 4.83. The molecule has 0 saturated heterocycles. The minimum absolute atomic E-state index is 0.0135. The van der Waals surface area contributed by atoms with Gasteiger partial charge in [0.1, 0.15) is 0 Å². The molecule has 0 bridgehead atoms. The quantitative estimate of drug-likeness (QED) is 0.627. The fraction of sp³-hybridized carbons (Fsp3) is 0.125. The maximum Gasteiger partial charge on any atom is 0.336 e. The van der Waals surface area contributed by atoms with Crippen molar-refractivity contribution in [2.24, 2.45) is 0 Å². The molecular weight excluding hydrogens is 336 g/mol. The van der Waals surface area contributed by atoms with Crippen LogP contribution in [-0.2, 0) is 10.1 Å². The highest BCUT2D eigenvalue weighted by Crippen LogP contribution is 2.30. The van der Waals surface area contributed by atoms with Gasteiger partial charge in [-0.3, -0.25) is 4.79 Å². The van der Waals surface area contributed by atoms with E-state index in [9.17, 15) is 23.1 Å². The summed E-state index contributed by atoms with van der Waals surface area (Å²) in [6.45, 7) is 0. The van der Waals surface area contributed by atoms with Gasteiger partial charge in [-0.05, 0) is 24.3 Å². The van der Waals surface area contributed by atoms with Gasteiger partial charge in [0.25, 0.3) is 0 Å². The molecule has 7 nitrogen and oxygen atoms in total. The van der Waals surface area contributed by atoms with E-state index in [0.717, 1.165) is 6.26 Å². The Bertz CT molecular complexity index is 900. The lowest BCUT2D eigenvalue weighted by Gasteiger charge is -2.11. The molecule has 24 heavy (non-hydrogen) atoms. The molecule has 0 unspecified atom stereocenters. The summed E-state index contributed by atoms with van der Waals surface area (Å²) >= 11 is 0. The van der Waals surface area contributed by atoms with Crippen molar-refractivity contribution in [3.63, 3.8) is 0 Å². The van der Waals surface area contributed by atoms with Gasteiger partial charge in [-0.1, -0.05) is 18.2 Å². The van der Waals surface area contributed by atoms with Gasteiger partial charge in [0, 0.05) is 11.1 Å². The average Bonchev–Trinajstić information content (AvgIpc) is 2.52. The van der Waals surface area contributed by atoms with Crippen molar-refractivity contribution >= 4 is 21.9 Å². The molecule has 0 aliphatic carbocycles. The molecular formula is C16H14O7S. The van der Waals surface area contributed by atoms with Crippen LogP contribution in [0.25, 0.3) is 0 Å². The molecule has 0 atom stereocenters. The van der Waals surface area contributed by atoms with E-state index >= 15 is 0 Å². The Hall–Kier alpha value is -2.87. The number of carbonyl (C=O) groups is 2. The van der Waals surface area contributed by atoms with E-state index in [0.29, 0.717) is 0 Å². The Balaban J connectivity index is 2.51. The fourth-order valence-electron chi connectivity index (χ4n) is 2.07. The van der Waals surface area contributed by atoms with Crippen LogP contribution < -0.4 is 8.92 Å². The van der Waals surface area contributed by atoms with Crippen LogP contribution in [0.4, 0.5) is 0 Å². The minimum atomic E-state index is -3.82. The van der Waals surface area contributed by atoms with Gasteiger partial charge < -0.3 is 14.0 Å². The zero-order valence-electron chi connectivity index (χ0n) is 12.8. The molecule has 126 valence electrons. The van der Waals surface area contributed by atoms with Crippen LogP contribution in [0.2, 0.25) is 0 Å². The number of hydrogen-bond acceptors (Lipinski definition) is 6. The van der Waals surface area contributed by atoms with E-state index in [1.807, 2.05) is 0 Å². The van der Waals surface area contributed by atoms with Crippen molar-refractivity contribution in [3.8, 4) is 11.5 Å². The number of rotatable bonds is 6. The van der Waals surface area contributed by atoms with Crippen molar-refractivity contribution in [3.05, 3.63) is 59.2 Å². The van der Waals surface area contributed by atoms with Gasteiger partial charge in [0.05, 0.1) is 18.9 Å². The summed E-state index contributed by atoms with van der Waals surface area (Å²) in [6.07, 6.45) is 0.862. The average molecular weight is 350 g/mol. The number of ketones is 1. The molecule has 0 saturated carbocycles. The zero-order chi connectivity index (χ0) is 17.9. The smallest absolute Gasteiger partial charge is 0.336 e. The number of hydrogen-bond donors (Lipinski definition) is 1. The van der Waals surface area contributed by atoms with Crippen molar-refractivity contribution < 1.29 is 32.0 Å². The van der Waals surface area contributed by atoms with Gasteiger partial charge in [0.2, 0.25) is 0 Å². The summed E-state index contributed by atoms with van der Waals surface area (Å²) in [5.74, 6) is -1.84. The van der Waals surface area contributed by atoms with Crippen molar-refractivity contribution in [1.29, 1.82) is 0 Å². The Morgan fingerprint density at radius 1 is 1.00 bits per heavy atom. The van der Waals surface area contributed by atoms with E-state index in [1.165, 1.54) is 49.6 Å². The molecule has 2 aromatic carbocycles. The van der Waals surface area contributed by atoms with Gasteiger partial charge in [-0.2, -0.15) is 8.42 Å². The lowest BCUT2D eigenvalue weighted by Crippen LogP contribution is -2.11.